The summed E-state index contributed by atoms with van der Waals surface area (Å²) in [6.45, 7) is 17.4. The second-order valence-electron chi connectivity index (χ2n) is 11.4. The molecule has 0 bridgehead atoms. The van der Waals surface area contributed by atoms with E-state index in [-0.39, 0.29) is 12.5 Å². The van der Waals surface area contributed by atoms with Gasteiger partial charge in [-0.3, -0.25) is 4.79 Å². The first-order valence-electron chi connectivity index (χ1n) is 11.9. The highest BCUT2D eigenvalue weighted by atomic mass is 16.7. The van der Waals surface area contributed by atoms with Gasteiger partial charge in [0.05, 0.1) is 11.2 Å². The van der Waals surface area contributed by atoms with Gasteiger partial charge in [-0.15, -0.1) is 0 Å². The molecule has 2 amide bonds. The average Bonchev–Trinajstić information content (AvgIpc) is 2.92. The van der Waals surface area contributed by atoms with E-state index in [9.17, 15) is 9.59 Å². The lowest BCUT2D eigenvalue weighted by Gasteiger charge is -2.32. The van der Waals surface area contributed by atoms with Gasteiger partial charge in [-0.05, 0) is 90.4 Å². The molecule has 0 spiro atoms. The normalized spacial score (nSPS) is 20.6. The lowest BCUT2D eigenvalue weighted by Crippen LogP contribution is -2.41. The van der Waals surface area contributed by atoms with Gasteiger partial charge in [-0.25, -0.2) is 4.79 Å². The minimum Gasteiger partial charge on any atom is -0.444 e. The first kappa shape index (κ1) is 25.6. The van der Waals surface area contributed by atoms with Gasteiger partial charge in [0.1, 0.15) is 5.60 Å². The Kier molecular flexibility index (Phi) is 7.20. The molecule has 2 saturated heterocycles. The van der Waals surface area contributed by atoms with Crippen LogP contribution in [0, 0.1) is 5.92 Å². The minimum atomic E-state index is -0.593. The van der Waals surface area contributed by atoms with E-state index in [1.165, 1.54) is 0 Å². The number of carbonyl (C=O) groups is 2. The maximum absolute atomic E-state index is 13.3. The molecule has 2 aliphatic rings. The number of rotatable bonds is 4. The third-order valence-electron chi connectivity index (χ3n) is 6.69. The Balaban J connectivity index is 1.86. The Bertz CT molecular complexity index is 869. The van der Waals surface area contributed by atoms with Gasteiger partial charge in [0.25, 0.3) is 5.91 Å². The van der Waals surface area contributed by atoms with Gasteiger partial charge in [-0.2, -0.15) is 0 Å². The van der Waals surface area contributed by atoms with Crippen LogP contribution in [0.4, 0.5) is 4.79 Å². The number of likely N-dealkylation sites (tertiary alicyclic amines) is 1. The number of alkyl carbamates (subject to hydrolysis) is 1. The predicted molar refractivity (Wildman–Crippen MR) is 130 cm³/mol. The van der Waals surface area contributed by atoms with E-state index in [2.05, 4.69) is 12.2 Å². The maximum Gasteiger partial charge on any atom is 0.494 e. The van der Waals surface area contributed by atoms with Crippen molar-refractivity contribution in [2.45, 2.75) is 91.6 Å². The molecule has 1 aromatic carbocycles. The first-order chi connectivity index (χ1) is 15.2. The van der Waals surface area contributed by atoms with Crippen LogP contribution in [-0.4, -0.2) is 53.9 Å². The zero-order valence-electron chi connectivity index (χ0n) is 21.4. The zero-order valence-corrected chi connectivity index (χ0v) is 21.4. The summed E-state index contributed by atoms with van der Waals surface area (Å²) in [6.07, 6.45) is 1.52. The number of nitrogens with one attached hydrogen (secondary N) is 1. The summed E-state index contributed by atoms with van der Waals surface area (Å²) in [5, 5.41) is 2.79. The largest absolute Gasteiger partial charge is 0.494 e. The molecular weight excluding hydrogens is 419 g/mol. The number of hydrogen-bond donors (Lipinski definition) is 1. The Morgan fingerprint density at radius 3 is 2.21 bits per heavy atom. The Morgan fingerprint density at radius 1 is 1.09 bits per heavy atom. The van der Waals surface area contributed by atoms with Gasteiger partial charge < -0.3 is 24.3 Å². The number of nitrogens with zero attached hydrogens (tertiary/aromatic N) is 1. The topological polar surface area (TPSA) is 77.1 Å². The van der Waals surface area contributed by atoms with E-state index in [0.717, 1.165) is 37.0 Å². The molecule has 7 nitrogen and oxygen atoms in total. The van der Waals surface area contributed by atoms with E-state index in [4.69, 9.17) is 14.0 Å². The summed E-state index contributed by atoms with van der Waals surface area (Å²) >= 11 is 0. The van der Waals surface area contributed by atoms with Crippen molar-refractivity contribution in [3.05, 3.63) is 29.3 Å². The van der Waals surface area contributed by atoms with Crippen LogP contribution in [0.2, 0.25) is 0 Å². The molecule has 182 valence electrons. The molecule has 2 aliphatic heterocycles. The Hall–Kier alpha value is -2.06. The fourth-order valence-corrected chi connectivity index (χ4v) is 3.94. The third kappa shape index (κ3) is 6.30. The van der Waals surface area contributed by atoms with Crippen LogP contribution >= 0.6 is 0 Å². The van der Waals surface area contributed by atoms with Gasteiger partial charge in [0, 0.05) is 25.2 Å². The van der Waals surface area contributed by atoms with Crippen LogP contribution in [-0.2, 0) is 20.6 Å². The highest BCUT2D eigenvalue weighted by Crippen LogP contribution is 2.36. The third-order valence-corrected chi connectivity index (χ3v) is 6.69. The molecule has 8 heteroatoms. The summed E-state index contributed by atoms with van der Waals surface area (Å²) in [5.74, 6) is 0.637. The van der Waals surface area contributed by atoms with Gasteiger partial charge in [-0.1, -0.05) is 13.0 Å². The predicted octanol–water partition coefficient (Wildman–Crippen LogP) is 3.88. The standard InChI is InChI=1S/C25H39BN2O5/c1-17-9-11-28(12-10-17)21(29)19-13-18(16-27-22(30)31-23(2,3)4)14-20(15-19)26-32-24(5,6)25(7,8)33-26/h13-15,17H,9-12,16H2,1-8H3,(H,27,30). The van der Waals surface area contributed by atoms with E-state index in [1.807, 2.05) is 71.6 Å². The Morgan fingerprint density at radius 2 is 1.67 bits per heavy atom. The van der Waals surface area contributed by atoms with Gasteiger partial charge in [0.2, 0.25) is 0 Å². The van der Waals surface area contributed by atoms with Crippen LogP contribution in [0.25, 0.3) is 0 Å². The van der Waals surface area contributed by atoms with E-state index in [0.29, 0.717) is 11.5 Å². The van der Waals surface area contributed by atoms with Crippen molar-refractivity contribution in [3.63, 3.8) is 0 Å². The molecule has 3 rings (SSSR count). The number of benzene rings is 1. The van der Waals surface area contributed by atoms with Crippen LogP contribution in [0.1, 0.15) is 84.2 Å². The quantitative estimate of drug-likeness (QED) is 0.693. The van der Waals surface area contributed by atoms with E-state index >= 15 is 0 Å². The Labute approximate surface area is 198 Å². The number of amides is 2. The van der Waals surface area contributed by atoms with E-state index < -0.39 is 30.0 Å². The van der Waals surface area contributed by atoms with Gasteiger partial charge >= 0.3 is 13.2 Å². The SMILES string of the molecule is CC1CCN(C(=O)c2cc(CNC(=O)OC(C)(C)C)cc(B3OC(C)(C)C(C)(C)O3)c2)CC1. The number of carbonyl (C=O) groups excluding carboxylic acids is 2. The van der Waals surface area contributed by atoms with Crippen molar-refractivity contribution >= 4 is 24.6 Å². The molecule has 0 aromatic heterocycles. The number of hydrogen-bond acceptors (Lipinski definition) is 5. The van der Waals surface area contributed by atoms with Crippen LogP contribution < -0.4 is 10.8 Å². The zero-order chi connectivity index (χ0) is 24.6. The van der Waals surface area contributed by atoms with Gasteiger partial charge in [0.15, 0.2) is 0 Å². The van der Waals surface area contributed by atoms with Crippen molar-refractivity contribution in [3.8, 4) is 0 Å². The molecule has 0 unspecified atom stereocenters. The van der Waals surface area contributed by atoms with Crippen LogP contribution in [0.5, 0.6) is 0 Å². The monoisotopic (exact) mass is 458 g/mol. The molecule has 0 saturated carbocycles. The lowest BCUT2D eigenvalue weighted by atomic mass is 9.77. The van der Waals surface area contributed by atoms with Crippen molar-refractivity contribution in [2.24, 2.45) is 5.92 Å². The summed E-state index contributed by atoms with van der Waals surface area (Å²) in [4.78, 5) is 27.4. The minimum absolute atomic E-state index is 0.00112. The lowest BCUT2D eigenvalue weighted by molar-refractivity contribution is 0.00578. The molecule has 0 atom stereocenters. The summed E-state index contributed by atoms with van der Waals surface area (Å²) in [7, 11) is -0.593. The second-order valence-corrected chi connectivity index (χ2v) is 11.4. The molecule has 2 fully saturated rings. The number of ether oxygens (including phenoxy) is 1. The molecular formula is C25H39BN2O5. The molecule has 1 N–H and O–H groups in total. The molecule has 33 heavy (non-hydrogen) atoms. The smallest absolute Gasteiger partial charge is 0.444 e. The maximum atomic E-state index is 13.3. The van der Waals surface area contributed by atoms with Crippen molar-refractivity contribution in [1.82, 2.24) is 10.2 Å². The first-order valence-corrected chi connectivity index (χ1v) is 11.9. The summed E-state index contributed by atoms with van der Waals surface area (Å²) in [6, 6.07) is 5.63. The molecule has 2 heterocycles. The highest BCUT2D eigenvalue weighted by Gasteiger charge is 2.51. The average molecular weight is 458 g/mol. The van der Waals surface area contributed by atoms with Crippen LogP contribution in [0.15, 0.2) is 18.2 Å². The molecule has 1 aromatic rings. The number of piperidine rings is 1. The summed E-state index contributed by atoms with van der Waals surface area (Å²) in [5.41, 5.74) is 0.581. The molecule has 0 aliphatic carbocycles. The second kappa shape index (κ2) is 9.30. The molecule has 0 radical (unpaired) electrons. The fraction of sp³-hybridized carbons (Fsp3) is 0.680. The van der Waals surface area contributed by atoms with Crippen molar-refractivity contribution in [1.29, 1.82) is 0 Å². The highest BCUT2D eigenvalue weighted by molar-refractivity contribution is 6.62. The fourth-order valence-electron chi connectivity index (χ4n) is 3.94. The van der Waals surface area contributed by atoms with Crippen molar-refractivity contribution in [2.75, 3.05) is 13.1 Å². The van der Waals surface area contributed by atoms with Crippen molar-refractivity contribution < 1.29 is 23.6 Å². The van der Waals surface area contributed by atoms with Crippen LogP contribution in [0.3, 0.4) is 0 Å². The van der Waals surface area contributed by atoms with E-state index in [1.54, 1.807) is 0 Å². The summed E-state index contributed by atoms with van der Waals surface area (Å²) < 4.78 is 17.8.